The Morgan fingerprint density at radius 2 is 2.38 bits per heavy atom. The highest BCUT2D eigenvalue weighted by Gasteiger charge is 2.08. The summed E-state index contributed by atoms with van der Waals surface area (Å²) in [5.41, 5.74) is 6.12. The zero-order valence-electron chi connectivity index (χ0n) is 9.51. The van der Waals surface area contributed by atoms with Gasteiger partial charge in [0.1, 0.15) is 10.7 Å². The van der Waals surface area contributed by atoms with Crippen LogP contribution in [0.25, 0.3) is 0 Å². The van der Waals surface area contributed by atoms with Crippen molar-refractivity contribution in [3.63, 3.8) is 0 Å². The molecule has 88 valence electrons. The van der Waals surface area contributed by atoms with Crippen molar-refractivity contribution in [1.29, 1.82) is 0 Å². The number of aromatic nitrogens is 2. The van der Waals surface area contributed by atoms with Crippen LogP contribution in [0.15, 0.2) is 12.3 Å². The summed E-state index contributed by atoms with van der Waals surface area (Å²) in [6.07, 6.45) is 1.66. The van der Waals surface area contributed by atoms with Crippen molar-refractivity contribution in [1.82, 2.24) is 9.97 Å². The van der Waals surface area contributed by atoms with E-state index >= 15 is 0 Å². The molecule has 0 aliphatic heterocycles. The lowest BCUT2D eigenvalue weighted by molar-refractivity contribution is 0.205. The Morgan fingerprint density at radius 3 is 2.94 bits per heavy atom. The van der Waals surface area contributed by atoms with Crippen LogP contribution in [0.3, 0.4) is 0 Å². The van der Waals surface area contributed by atoms with E-state index in [4.69, 9.17) is 22.7 Å². The van der Waals surface area contributed by atoms with Crippen LogP contribution in [0.2, 0.25) is 0 Å². The van der Waals surface area contributed by atoms with Crippen molar-refractivity contribution in [2.24, 2.45) is 5.73 Å². The van der Waals surface area contributed by atoms with Gasteiger partial charge in [-0.2, -0.15) is 0 Å². The quantitative estimate of drug-likeness (QED) is 0.734. The summed E-state index contributed by atoms with van der Waals surface area (Å²) in [7, 11) is 1.67. The molecule has 0 bridgehead atoms. The number of nitrogens with two attached hydrogens (primary N) is 1. The molecule has 0 aromatic carbocycles. The summed E-state index contributed by atoms with van der Waals surface area (Å²) in [6, 6.07) is 1.70. The highest BCUT2D eigenvalue weighted by Crippen LogP contribution is 2.07. The van der Waals surface area contributed by atoms with E-state index in [0.717, 1.165) is 13.1 Å². The normalized spacial score (nSPS) is 10.1. The zero-order chi connectivity index (χ0) is 12.0. The Balaban J connectivity index is 2.83. The minimum Gasteiger partial charge on any atom is -0.388 e. The molecular weight excluding hydrogens is 224 g/mol. The van der Waals surface area contributed by atoms with Crippen LogP contribution in [-0.2, 0) is 4.74 Å². The van der Waals surface area contributed by atoms with Gasteiger partial charge in [0.05, 0.1) is 6.61 Å². The van der Waals surface area contributed by atoms with Crippen LogP contribution in [0.5, 0.6) is 0 Å². The highest BCUT2D eigenvalue weighted by atomic mass is 32.1. The van der Waals surface area contributed by atoms with Crippen molar-refractivity contribution >= 4 is 23.2 Å². The molecule has 16 heavy (non-hydrogen) atoms. The third-order valence-electron chi connectivity index (χ3n) is 2.13. The smallest absolute Gasteiger partial charge is 0.226 e. The topological polar surface area (TPSA) is 64.3 Å². The van der Waals surface area contributed by atoms with Crippen molar-refractivity contribution in [3.05, 3.63) is 18.0 Å². The van der Waals surface area contributed by atoms with Crippen LogP contribution < -0.4 is 10.6 Å². The van der Waals surface area contributed by atoms with E-state index < -0.39 is 0 Å². The van der Waals surface area contributed by atoms with Crippen LogP contribution in [0.4, 0.5) is 5.95 Å². The number of likely N-dealkylation sites (N-methyl/N-ethyl adjacent to an activating group) is 1. The van der Waals surface area contributed by atoms with Gasteiger partial charge in [-0.15, -0.1) is 0 Å². The molecule has 2 N–H and O–H groups in total. The summed E-state index contributed by atoms with van der Waals surface area (Å²) in [5.74, 6) is 0.629. The van der Waals surface area contributed by atoms with Gasteiger partial charge in [-0.05, 0) is 13.0 Å². The number of thiocarbonyl (C=S) groups is 1. The number of hydrogen-bond acceptors (Lipinski definition) is 5. The van der Waals surface area contributed by atoms with E-state index in [-0.39, 0.29) is 4.99 Å². The van der Waals surface area contributed by atoms with E-state index in [1.165, 1.54) is 0 Å². The number of anilines is 1. The minimum absolute atomic E-state index is 0.284. The fourth-order valence-corrected chi connectivity index (χ4v) is 1.35. The minimum atomic E-state index is 0.284. The Morgan fingerprint density at radius 1 is 1.62 bits per heavy atom. The van der Waals surface area contributed by atoms with Crippen molar-refractivity contribution in [2.45, 2.75) is 6.92 Å². The molecule has 0 radical (unpaired) electrons. The first-order chi connectivity index (χ1) is 7.69. The molecule has 0 fully saturated rings. The molecule has 0 unspecified atom stereocenters. The van der Waals surface area contributed by atoms with Gasteiger partial charge in [0, 0.05) is 26.4 Å². The molecule has 5 nitrogen and oxygen atoms in total. The number of hydrogen-bond donors (Lipinski definition) is 1. The average Bonchev–Trinajstić information content (AvgIpc) is 2.30. The lowest BCUT2D eigenvalue weighted by atomic mass is 10.4. The van der Waals surface area contributed by atoms with Crippen LogP contribution in [-0.4, -0.2) is 41.8 Å². The van der Waals surface area contributed by atoms with Gasteiger partial charge < -0.3 is 15.4 Å². The number of ether oxygens (including phenoxy) is 1. The van der Waals surface area contributed by atoms with Crippen LogP contribution >= 0.6 is 12.2 Å². The molecule has 0 aliphatic carbocycles. The molecule has 1 rings (SSSR count). The predicted molar refractivity (Wildman–Crippen MR) is 67.7 cm³/mol. The summed E-state index contributed by atoms with van der Waals surface area (Å²) in [6.45, 7) is 4.22. The molecule has 1 aromatic heterocycles. The molecule has 0 atom stereocenters. The number of methoxy groups -OCH3 is 1. The molecule has 0 amide bonds. The Labute approximate surface area is 101 Å². The maximum Gasteiger partial charge on any atom is 0.226 e. The van der Waals surface area contributed by atoms with Gasteiger partial charge in [0.25, 0.3) is 0 Å². The maximum absolute atomic E-state index is 5.52. The van der Waals surface area contributed by atoms with E-state index in [2.05, 4.69) is 9.97 Å². The second-order valence-corrected chi connectivity index (χ2v) is 3.62. The molecule has 0 aliphatic rings. The standard InChI is InChI=1S/C10H16N4OS/c1-3-14(6-7-15-2)10-12-5-4-8(13-10)9(11)16/h4-5H,3,6-7H2,1-2H3,(H2,11,16). The third kappa shape index (κ3) is 3.39. The molecule has 0 saturated heterocycles. The third-order valence-corrected chi connectivity index (χ3v) is 2.33. The lowest BCUT2D eigenvalue weighted by Crippen LogP contribution is -2.29. The number of rotatable bonds is 6. The Kier molecular flexibility index (Phi) is 5.07. The van der Waals surface area contributed by atoms with Gasteiger partial charge in [0.2, 0.25) is 5.95 Å². The van der Waals surface area contributed by atoms with Gasteiger partial charge in [-0.25, -0.2) is 9.97 Å². The Bertz CT molecular complexity index is 358. The Hall–Kier alpha value is -1.27. The second-order valence-electron chi connectivity index (χ2n) is 3.18. The van der Waals surface area contributed by atoms with Gasteiger partial charge in [-0.3, -0.25) is 0 Å². The lowest BCUT2D eigenvalue weighted by Gasteiger charge is -2.20. The van der Waals surface area contributed by atoms with E-state index in [1.807, 2.05) is 11.8 Å². The van der Waals surface area contributed by atoms with E-state index in [1.54, 1.807) is 19.4 Å². The van der Waals surface area contributed by atoms with Crippen molar-refractivity contribution in [2.75, 3.05) is 31.7 Å². The first-order valence-electron chi connectivity index (χ1n) is 5.05. The van der Waals surface area contributed by atoms with Crippen LogP contribution in [0.1, 0.15) is 12.6 Å². The van der Waals surface area contributed by atoms with Gasteiger partial charge in [0.15, 0.2) is 0 Å². The highest BCUT2D eigenvalue weighted by molar-refractivity contribution is 7.80. The zero-order valence-corrected chi connectivity index (χ0v) is 10.3. The molecule has 6 heteroatoms. The SMILES string of the molecule is CCN(CCOC)c1nccc(C(N)=S)n1. The second kappa shape index (κ2) is 6.34. The largest absolute Gasteiger partial charge is 0.388 e. The molecule has 0 saturated carbocycles. The average molecular weight is 240 g/mol. The van der Waals surface area contributed by atoms with E-state index in [9.17, 15) is 0 Å². The first kappa shape index (κ1) is 12.8. The molecular formula is C10H16N4OS. The van der Waals surface area contributed by atoms with Gasteiger partial charge >= 0.3 is 0 Å². The summed E-state index contributed by atoms with van der Waals surface area (Å²) in [4.78, 5) is 10.8. The predicted octanol–water partition coefficient (Wildman–Crippen LogP) is 0.584. The monoisotopic (exact) mass is 240 g/mol. The molecule has 1 aromatic rings. The fraction of sp³-hybridized carbons (Fsp3) is 0.500. The van der Waals surface area contributed by atoms with Crippen molar-refractivity contribution < 1.29 is 4.74 Å². The fourth-order valence-electron chi connectivity index (χ4n) is 1.24. The maximum atomic E-state index is 5.52. The first-order valence-corrected chi connectivity index (χ1v) is 5.46. The number of nitrogens with zero attached hydrogens (tertiary/aromatic N) is 3. The van der Waals surface area contributed by atoms with E-state index in [0.29, 0.717) is 18.2 Å². The molecule has 1 heterocycles. The summed E-state index contributed by atoms with van der Waals surface area (Å²) < 4.78 is 5.03. The van der Waals surface area contributed by atoms with Crippen LogP contribution in [0, 0.1) is 0 Å². The summed E-state index contributed by atoms with van der Waals surface area (Å²) in [5, 5.41) is 0. The molecule has 0 spiro atoms. The summed E-state index contributed by atoms with van der Waals surface area (Å²) >= 11 is 4.88. The van der Waals surface area contributed by atoms with Crippen molar-refractivity contribution in [3.8, 4) is 0 Å². The van der Waals surface area contributed by atoms with Gasteiger partial charge in [-0.1, -0.05) is 12.2 Å².